The van der Waals surface area contributed by atoms with Crippen molar-refractivity contribution in [2.24, 2.45) is 5.41 Å². The van der Waals surface area contributed by atoms with E-state index in [4.69, 9.17) is 16.3 Å². The van der Waals surface area contributed by atoms with Crippen molar-refractivity contribution in [3.8, 4) is 0 Å². The minimum atomic E-state index is -0.229. The molecule has 1 aliphatic heterocycles. The topological polar surface area (TPSA) is 29.6 Å². The summed E-state index contributed by atoms with van der Waals surface area (Å²) in [7, 11) is 0. The van der Waals surface area contributed by atoms with Crippen molar-refractivity contribution in [2.45, 2.75) is 26.4 Å². The van der Waals surface area contributed by atoms with Crippen LogP contribution in [0.1, 0.15) is 19.4 Å². The van der Waals surface area contributed by atoms with Gasteiger partial charge in [-0.1, -0.05) is 37.6 Å². The van der Waals surface area contributed by atoms with Gasteiger partial charge < -0.3 is 4.74 Å². The normalized spacial score (nSPS) is 19.9. The van der Waals surface area contributed by atoms with Gasteiger partial charge in [-0.25, -0.2) is 4.79 Å². The van der Waals surface area contributed by atoms with Crippen LogP contribution in [0.3, 0.4) is 0 Å². The minimum absolute atomic E-state index is 0.0889. The third kappa shape index (κ3) is 2.32. The van der Waals surface area contributed by atoms with Crippen LogP contribution in [0.15, 0.2) is 24.3 Å². The van der Waals surface area contributed by atoms with Crippen LogP contribution >= 0.6 is 11.6 Å². The summed E-state index contributed by atoms with van der Waals surface area (Å²) in [6.45, 7) is 4.08. The van der Waals surface area contributed by atoms with E-state index in [1.807, 2.05) is 38.1 Å². The summed E-state index contributed by atoms with van der Waals surface area (Å²) >= 11 is 5.80. The molecule has 2 rings (SSSR count). The van der Waals surface area contributed by atoms with Crippen LogP contribution in [0.2, 0.25) is 5.02 Å². The summed E-state index contributed by atoms with van der Waals surface area (Å²) in [5.74, 6) is -0.0889. The molecule has 0 spiro atoms. The molecule has 1 heterocycles. The van der Waals surface area contributed by atoms with E-state index < -0.39 is 0 Å². The van der Waals surface area contributed by atoms with Gasteiger partial charge in [-0.2, -0.15) is 0 Å². The first kappa shape index (κ1) is 10.5. The monoisotopic (exact) mass is 224 g/mol. The van der Waals surface area contributed by atoms with Crippen LogP contribution in [0.4, 0.5) is 0 Å². The van der Waals surface area contributed by atoms with E-state index in [9.17, 15) is 4.79 Å². The molecule has 2 nitrogen and oxygen atoms in total. The molecule has 1 aromatic rings. The standard InChI is InChI=1S/C12H13ClO2/c1-12(2,10-11(14)15-10)7-8-3-5-9(13)6-4-8/h3-6,10H,7H2,1-2H3. The maximum Gasteiger partial charge on any atom is 0.348 e. The number of hydrogen-bond donors (Lipinski definition) is 0. The highest BCUT2D eigenvalue weighted by Crippen LogP contribution is 2.36. The SMILES string of the molecule is CC(C)(Cc1ccc(Cl)cc1)C1OC1=O. The molecule has 0 aliphatic carbocycles. The fourth-order valence-corrected chi connectivity index (χ4v) is 1.91. The van der Waals surface area contributed by atoms with E-state index in [2.05, 4.69) is 0 Å². The molecule has 0 amide bonds. The Kier molecular flexibility index (Phi) is 2.47. The molecule has 15 heavy (non-hydrogen) atoms. The highest BCUT2D eigenvalue weighted by atomic mass is 35.5. The molecular formula is C12H13ClO2. The third-order valence-electron chi connectivity index (χ3n) is 2.67. The Hall–Kier alpha value is -1.02. The number of rotatable bonds is 3. The Morgan fingerprint density at radius 3 is 2.33 bits per heavy atom. The number of cyclic esters (lactones) is 1. The maximum absolute atomic E-state index is 10.9. The van der Waals surface area contributed by atoms with E-state index in [-0.39, 0.29) is 17.5 Å². The Balaban J connectivity index is 2.08. The highest BCUT2D eigenvalue weighted by molar-refractivity contribution is 6.30. The Labute approximate surface area is 94.2 Å². The van der Waals surface area contributed by atoms with Crippen molar-refractivity contribution in [1.29, 1.82) is 0 Å². The second-order valence-electron chi connectivity index (χ2n) is 4.61. The lowest BCUT2D eigenvalue weighted by atomic mass is 9.83. The van der Waals surface area contributed by atoms with Gasteiger partial charge in [0.15, 0.2) is 0 Å². The van der Waals surface area contributed by atoms with Crippen molar-refractivity contribution in [2.75, 3.05) is 0 Å². The zero-order valence-corrected chi connectivity index (χ0v) is 9.54. The fourth-order valence-electron chi connectivity index (χ4n) is 1.78. The zero-order chi connectivity index (χ0) is 11.1. The van der Waals surface area contributed by atoms with Gasteiger partial charge in [-0.3, -0.25) is 0 Å². The van der Waals surface area contributed by atoms with Gasteiger partial charge in [-0.15, -0.1) is 0 Å². The molecule has 80 valence electrons. The number of carbonyl (C=O) groups excluding carboxylic acids is 1. The summed E-state index contributed by atoms with van der Waals surface area (Å²) < 4.78 is 4.91. The fraction of sp³-hybridized carbons (Fsp3) is 0.417. The summed E-state index contributed by atoms with van der Waals surface area (Å²) in [5.41, 5.74) is 1.04. The van der Waals surface area contributed by atoms with Crippen molar-refractivity contribution in [3.63, 3.8) is 0 Å². The quantitative estimate of drug-likeness (QED) is 0.739. The molecule has 1 fully saturated rings. The van der Waals surface area contributed by atoms with Crippen LogP contribution in [-0.4, -0.2) is 12.1 Å². The lowest BCUT2D eigenvalue weighted by Crippen LogP contribution is -2.23. The van der Waals surface area contributed by atoms with E-state index in [0.29, 0.717) is 0 Å². The van der Waals surface area contributed by atoms with Crippen LogP contribution in [0.5, 0.6) is 0 Å². The molecular weight excluding hydrogens is 212 g/mol. The Morgan fingerprint density at radius 1 is 1.33 bits per heavy atom. The number of ether oxygens (including phenoxy) is 1. The largest absolute Gasteiger partial charge is 0.447 e. The van der Waals surface area contributed by atoms with E-state index in [1.54, 1.807) is 0 Å². The van der Waals surface area contributed by atoms with Gasteiger partial charge >= 0.3 is 5.97 Å². The average Bonchev–Trinajstić information content (AvgIpc) is 2.87. The van der Waals surface area contributed by atoms with E-state index in [1.165, 1.54) is 5.56 Å². The molecule has 1 saturated heterocycles. The minimum Gasteiger partial charge on any atom is -0.447 e. The third-order valence-corrected chi connectivity index (χ3v) is 2.93. The van der Waals surface area contributed by atoms with Crippen LogP contribution in [-0.2, 0) is 16.0 Å². The lowest BCUT2D eigenvalue weighted by Gasteiger charge is -2.19. The van der Waals surface area contributed by atoms with E-state index in [0.717, 1.165) is 11.4 Å². The molecule has 0 saturated carbocycles. The number of epoxide rings is 1. The molecule has 1 aliphatic rings. The number of benzene rings is 1. The molecule has 3 heteroatoms. The van der Waals surface area contributed by atoms with Crippen molar-refractivity contribution in [3.05, 3.63) is 34.9 Å². The molecule has 0 N–H and O–H groups in total. The number of hydrogen-bond acceptors (Lipinski definition) is 2. The molecule has 0 radical (unpaired) electrons. The second kappa shape index (κ2) is 3.53. The number of halogens is 1. The molecule has 1 atom stereocenters. The van der Waals surface area contributed by atoms with Crippen LogP contribution in [0, 0.1) is 5.41 Å². The summed E-state index contributed by atoms with van der Waals surface area (Å²) in [6, 6.07) is 7.69. The molecule has 0 aromatic heterocycles. The number of carbonyl (C=O) groups is 1. The predicted molar refractivity (Wildman–Crippen MR) is 58.8 cm³/mol. The summed E-state index contributed by atoms with van der Waals surface area (Å²) in [6.07, 6.45) is 0.591. The second-order valence-corrected chi connectivity index (χ2v) is 5.05. The maximum atomic E-state index is 10.9. The Bertz CT molecular complexity index is 381. The zero-order valence-electron chi connectivity index (χ0n) is 8.79. The predicted octanol–water partition coefficient (Wildman–Crippen LogP) is 2.83. The van der Waals surface area contributed by atoms with Crippen LogP contribution in [0.25, 0.3) is 0 Å². The van der Waals surface area contributed by atoms with E-state index >= 15 is 0 Å². The summed E-state index contributed by atoms with van der Waals surface area (Å²) in [5, 5.41) is 0.732. The highest BCUT2D eigenvalue weighted by Gasteiger charge is 2.50. The molecule has 1 aromatic carbocycles. The van der Waals surface area contributed by atoms with Crippen molar-refractivity contribution in [1.82, 2.24) is 0 Å². The Morgan fingerprint density at radius 2 is 1.87 bits per heavy atom. The van der Waals surface area contributed by atoms with Gasteiger partial charge in [-0.05, 0) is 24.1 Å². The van der Waals surface area contributed by atoms with Gasteiger partial charge in [0.25, 0.3) is 0 Å². The first-order chi connectivity index (χ1) is 6.99. The first-order valence-corrected chi connectivity index (χ1v) is 5.32. The van der Waals surface area contributed by atoms with Gasteiger partial charge in [0.1, 0.15) is 0 Å². The van der Waals surface area contributed by atoms with Gasteiger partial charge in [0.2, 0.25) is 6.10 Å². The first-order valence-electron chi connectivity index (χ1n) is 4.94. The molecule has 0 bridgehead atoms. The van der Waals surface area contributed by atoms with Crippen molar-refractivity contribution >= 4 is 17.6 Å². The van der Waals surface area contributed by atoms with Crippen molar-refractivity contribution < 1.29 is 9.53 Å². The smallest absolute Gasteiger partial charge is 0.348 e. The molecule has 1 unspecified atom stereocenters. The van der Waals surface area contributed by atoms with Gasteiger partial charge in [0, 0.05) is 10.4 Å². The van der Waals surface area contributed by atoms with Crippen LogP contribution < -0.4 is 0 Å². The summed E-state index contributed by atoms with van der Waals surface area (Å²) in [4.78, 5) is 10.9. The average molecular weight is 225 g/mol. The van der Waals surface area contributed by atoms with Gasteiger partial charge in [0.05, 0.1) is 0 Å². The lowest BCUT2D eigenvalue weighted by molar-refractivity contribution is -0.117.